The number of piperidine rings is 2. The van der Waals surface area contributed by atoms with Crippen molar-refractivity contribution in [1.29, 1.82) is 0 Å². The summed E-state index contributed by atoms with van der Waals surface area (Å²) in [4.78, 5) is 18.8. The van der Waals surface area contributed by atoms with Gasteiger partial charge in [-0.15, -0.1) is 9.24 Å². The van der Waals surface area contributed by atoms with Crippen LogP contribution in [0, 0.1) is 5.82 Å². The third-order valence-corrected chi connectivity index (χ3v) is 8.06. The maximum atomic E-state index is 14.2. The Morgan fingerprint density at radius 1 is 1.14 bits per heavy atom. The number of aliphatic imine (C=N–C) groups is 1. The van der Waals surface area contributed by atoms with Gasteiger partial charge in [0, 0.05) is 45.2 Å². The molecule has 0 radical (unpaired) electrons. The third-order valence-electron chi connectivity index (χ3n) is 6.40. The van der Waals surface area contributed by atoms with Gasteiger partial charge in [-0.25, -0.2) is 22.1 Å². The highest BCUT2D eigenvalue weighted by Gasteiger charge is 2.29. The number of allylic oxidation sites excluding steroid dienone is 1. The minimum absolute atomic E-state index is 0.0726. The first-order valence-corrected chi connectivity index (χ1v) is 14.4. The molecule has 2 heterocycles. The number of sulfonamides is 1. The second-order valence-electron chi connectivity index (χ2n) is 9.07. The van der Waals surface area contributed by atoms with E-state index in [1.54, 1.807) is 24.1 Å². The van der Waals surface area contributed by atoms with Gasteiger partial charge in [-0.05, 0) is 44.1 Å². The lowest BCUT2D eigenvalue weighted by atomic mass is 10.1. The van der Waals surface area contributed by atoms with Crippen LogP contribution >= 0.6 is 9.24 Å². The predicted molar refractivity (Wildman–Crippen MR) is 142 cm³/mol. The van der Waals surface area contributed by atoms with E-state index in [1.807, 2.05) is 6.92 Å². The highest BCUT2D eigenvalue weighted by Crippen LogP contribution is 2.26. The van der Waals surface area contributed by atoms with Crippen molar-refractivity contribution in [2.45, 2.75) is 51.7 Å². The number of amides is 1. The van der Waals surface area contributed by atoms with Gasteiger partial charge >= 0.3 is 0 Å². The zero-order chi connectivity index (χ0) is 26.5. The molecule has 0 aromatic heterocycles. The molecule has 36 heavy (non-hydrogen) atoms. The Hall–Kier alpha value is -2.29. The number of carbonyl (C=O) groups is 1. The molecule has 11 heteroatoms. The molecule has 0 saturated carbocycles. The van der Waals surface area contributed by atoms with Crippen LogP contribution in [0.15, 0.2) is 47.0 Å². The number of benzene rings is 1. The Kier molecular flexibility index (Phi) is 9.66. The molecular formula is C25H35FN3O5PS. The van der Waals surface area contributed by atoms with Gasteiger partial charge in [0.1, 0.15) is 23.8 Å². The quantitative estimate of drug-likeness (QED) is 0.219. The number of likely N-dealkylation sites (tertiary alicyclic amines) is 1. The average molecular weight is 540 g/mol. The summed E-state index contributed by atoms with van der Waals surface area (Å²) in [5, 5.41) is 0.687. The van der Waals surface area contributed by atoms with Crippen molar-refractivity contribution >= 4 is 36.7 Å². The van der Waals surface area contributed by atoms with Crippen LogP contribution in [0.1, 0.15) is 49.9 Å². The first-order chi connectivity index (χ1) is 17.0. The van der Waals surface area contributed by atoms with Gasteiger partial charge < -0.3 is 14.4 Å². The van der Waals surface area contributed by atoms with Crippen molar-refractivity contribution in [2.24, 2.45) is 4.99 Å². The molecule has 1 atom stereocenters. The maximum absolute atomic E-state index is 14.2. The van der Waals surface area contributed by atoms with Crippen LogP contribution in [-0.2, 0) is 19.5 Å². The SMILES string of the molecule is C=C(OC1CCN(S(C)(=O)=O)CC1)/C(C)=C(\N=C/C)OC1CCN(C(=O)c2ccc(P)cc2F)CC1. The summed E-state index contributed by atoms with van der Waals surface area (Å²) in [5.41, 5.74) is 0.736. The fourth-order valence-corrected chi connectivity index (χ4v) is 5.35. The lowest BCUT2D eigenvalue weighted by Gasteiger charge is -2.33. The van der Waals surface area contributed by atoms with Crippen molar-refractivity contribution in [3.05, 3.63) is 53.4 Å². The van der Waals surface area contributed by atoms with E-state index in [-0.39, 0.29) is 23.7 Å². The monoisotopic (exact) mass is 539 g/mol. The maximum Gasteiger partial charge on any atom is 0.256 e. The molecule has 1 unspecified atom stereocenters. The number of ether oxygens (including phenoxy) is 2. The third kappa shape index (κ3) is 7.37. The Bertz CT molecular complexity index is 1140. The number of hydrogen-bond donors (Lipinski definition) is 0. The molecule has 0 aliphatic carbocycles. The lowest BCUT2D eigenvalue weighted by Crippen LogP contribution is -2.41. The summed E-state index contributed by atoms with van der Waals surface area (Å²) in [5.74, 6) is -0.000337. The van der Waals surface area contributed by atoms with Crippen molar-refractivity contribution in [1.82, 2.24) is 9.21 Å². The van der Waals surface area contributed by atoms with Gasteiger partial charge in [-0.1, -0.05) is 12.6 Å². The minimum atomic E-state index is -3.20. The molecule has 1 aromatic carbocycles. The fourth-order valence-electron chi connectivity index (χ4n) is 4.23. The van der Waals surface area contributed by atoms with Crippen LogP contribution in [0.3, 0.4) is 0 Å². The second-order valence-corrected chi connectivity index (χ2v) is 11.7. The molecule has 2 aliphatic heterocycles. The van der Waals surface area contributed by atoms with Crippen LogP contribution in [0.4, 0.5) is 4.39 Å². The molecule has 1 aromatic rings. The van der Waals surface area contributed by atoms with Gasteiger partial charge in [-0.2, -0.15) is 0 Å². The predicted octanol–water partition coefficient (Wildman–Crippen LogP) is 3.22. The molecule has 2 saturated heterocycles. The van der Waals surface area contributed by atoms with Crippen LogP contribution in [0.5, 0.6) is 0 Å². The number of halogens is 1. The Balaban J connectivity index is 1.57. The molecule has 2 aliphatic rings. The van der Waals surface area contributed by atoms with E-state index in [4.69, 9.17) is 9.47 Å². The summed E-state index contributed by atoms with van der Waals surface area (Å²) >= 11 is 0. The van der Waals surface area contributed by atoms with Gasteiger partial charge in [0.2, 0.25) is 15.9 Å². The van der Waals surface area contributed by atoms with E-state index in [0.717, 1.165) is 0 Å². The molecule has 0 spiro atoms. The molecule has 8 nitrogen and oxygen atoms in total. The Morgan fingerprint density at radius 2 is 1.72 bits per heavy atom. The largest absolute Gasteiger partial charge is 0.490 e. The van der Waals surface area contributed by atoms with E-state index in [2.05, 4.69) is 20.8 Å². The summed E-state index contributed by atoms with van der Waals surface area (Å²) in [6.45, 7) is 9.38. The van der Waals surface area contributed by atoms with Crippen LogP contribution in [0.25, 0.3) is 0 Å². The second kappa shape index (κ2) is 12.3. The Morgan fingerprint density at radius 3 is 2.28 bits per heavy atom. The first-order valence-electron chi connectivity index (χ1n) is 12.0. The summed E-state index contributed by atoms with van der Waals surface area (Å²) in [6.07, 6.45) is 4.89. The molecule has 1 amide bonds. The number of hydrogen-bond acceptors (Lipinski definition) is 6. The minimum Gasteiger partial charge on any atom is -0.490 e. The molecule has 2 fully saturated rings. The van der Waals surface area contributed by atoms with Gasteiger partial charge in [0.15, 0.2) is 0 Å². The molecular weight excluding hydrogens is 504 g/mol. The standard InChI is InChI=1S/C25H35FN3O5PS/c1-5-27-24(17(2)18(3)33-19-10-14-29(15-11-19)36(4,31)32)34-20-8-12-28(13-9-20)25(30)22-7-6-21(35)16-23(22)26/h5-7,16,19-20H,3,8-15,35H2,1-2,4H3/b24-17+,27-5-. The number of carbonyl (C=O) groups excluding carboxylic acids is 1. The normalized spacial score (nSPS) is 19.3. The molecule has 0 N–H and O–H groups in total. The Labute approximate surface area is 215 Å². The number of rotatable bonds is 8. The van der Waals surface area contributed by atoms with Crippen LogP contribution < -0.4 is 5.30 Å². The van der Waals surface area contributed by atoms with Gasteiger partial charge in [0.05, 0.1) is 17.4 Å². The van der Waals surface area contributed by atoms with Crippen LogP contribution in [0.2, 0.25) is 0 Å². The van der Waals surface area contributed by atoms with Crippen molar-refractivity contribution in [2.75, 3.05) is 32.4 Å². The van der Waals surface area contributed by atoms with E-state index in [0.29, 0.717) is 74.4 Å². The smallest absolute Gasteiger partial charge is 0.256 e. The highest BCUT2D eigenvalue weighted by atomic mass is 32.2. The number of nitrogens with zero attached hydrogens (tertiary/aromatic N) is 3. The molecule has 3 rings (SSSR count). The highest BCUT2D eigenvalue weighted by molar-refractivity contribution is 7.88. The first kappa shape index (κ1) is 28.3. The van der Waals surface area contributed by atoms with Crippen molar-refractivity contribution in [3.8, 4) is 0 Å². The molecule has 0 bridgehead atoms. The van der Waals surface area contributed by atoms with Crippen LogP contribution in [-0.4, -0.2) is 74.4 Å². The zero-order valence-electron chi connectivity index (χ0n) is 21.1. The van der Waals surface area contributed by atoms with Gasteiger partial charge in [-0.3, -0.25) is 4.79 Å². The van der Waals surface area contributed by atoms with E-state index < -0.39 is 15.8 Å². The van der Waals surface area contributed by atoms with E-state index in [9.17, 15) is 17.6 Å². The van der Waals surface area contributed by atoms with Crippen molar-refractivity contribution in [3.63, 3.8) is 0 Å². The summed E-state index contributed by atoms with van der Waals surface area (Å²) in [7, 11) is -0.780. The topological polar surface area (TPSA) is 88.5 Å². The lowest BCUT2D eigenvalue weighted by molar-refractivity contribution is 0.0376. The fraction of sp³-hybridized carbons (Fsp3) is 0.520. The van der Waals surface area contributed by atoms with Crippen molar-refractivity contribution < 1.29 is 27.1 Å². The summed E-state index contributed by atoms with van der Waals surface area (Å²) in [6, 6.07) is 4.54. The molecule has 198 valence electrons. The average Bonchev–Trinajstić information content (AvgIpc) is 2.83. The van der Waals surface area contributed by atoms with Gasteiger partial charge in [0.25, 0.3) is 5.91 Å². The zero-order valence-corrected chi connectivity index (χ0v) is 23.0. The van der Waals surface area contributed by atoms with E-state index >= 15 is 0 Å². The summed E-state index contributed by atoms with van der Waals surface area (Å²) < 4.78 is 51.3. The van der Waals surface area contributed by atoms with E-state index in [1.165, 1.54) is 22.7 Å².